The van der Waals surface area contributed by atoms with Crippen LogP contribution in [0.1, 0.15) is 6.92 Å². The summed E-state index contributed by atoms with van der Waals surface area (Å²) in [5, 5.41) is 22.9. The molecule has 27 heavy (non-hydrogen) atoms. The van der Waals surface area contributed by atoms with Gasteiger partial charge in [-0.1, -0.05) is 17.3 Å². The van der Waals surface area contributed by atoms with Crippen LogP contribution in [0.4, 0.5) is 0 Å². The second-order valence-electron chi connectivity index (χ2n) is 6.19. The van der Waals surface area contributed by atoms with E-state index in [9.17, 15) is 5.11 Å². The minimum Gasteiger partial charge on any atom is -0.845 e. The fraction of sp³-hybridized carbons (Fsp3) is 0.556. The van der Waals surface area contributed by atoms with Crippen molar-refractivity contribution in [3.8, 4) is 11.5 Å². The van der Waals surface area contributed by atoms with Gasteiger partial charge in [-0.15, -0.1) is 0 Å². The molecule has 1 aromatic rings. The fourth-order valence-corrected chi connectivity index (χ4v) is 2.75. The predicted octanol–water partition coefficient (Wildman–Crippen LogP) is -1.44. The zero-order valence-corrected chi connectivity index (χ0v) is 15.3. The van der Waals surface area contributed by atoms with Crippen LogP contribution < -0.4 is 19.5 Å². The van der Waals surface area contributed by atoms with Crippen LogP contribution in [-0.4, -0.2) is 75.6 Å². The van der Waals surface area contributed by atoms with Crippen LogP contribution in [0.15, 0.2) is 29.4 Å². The maximum atomic E-state index is 12.0. The minimum atomic E-state index is -0.793. The molecule has 0 amide bonds. The topological polar surface area (TPSA) is 114 Å². The Hall–Kier alpha value is -2.36. The van der Waals surface area contributed by atoms with Crippen LogP contribution in [0.25, 0.3) is 0 Å². The van der Waals surface area contributed by atoms with Gasteiger partial charge in [-0.25, -0.2) is 0 Å². The first kappa shape index (κ1) is 20.9. The highest BCUT2D eigenvalue weighted by Gasteiger charge is 2.23. The Bertz CT molecular complexity index is 605. The molecule has 2 aliphatic heterocycles. The van der Waals surface area contributed by atoms with Gasteiger partial charge in [-0.3, -0.25) is 4.79 Å². The lowest BCUT2D eigenvalue weighted by atomic mass is 10.2. The summed E-state index contributed by atoms with van der Waals surface area (Å²) in [6, 6.07) is 7.51. The summed E-state index contributed by atoms with van der Waals surface area (Å²) in [5.41, 5.74) is 0.662. The van der Waals surface area contributed by atoms with Gasteiger partial charge in [-0.05, 0) is 25.2 Å². The number of quaternary nitrogens is 1. The Morgan fingerprint density at radius 2 is 2.07 bits per heavy atom. The Kier molecular flexibility index (Phi) is 8.82. The van der Waals surface area contributed by atoms with Gasteiger partial charge >= 0.3 is 0 Å². The first-order valence-electron chi connectivity index (χ1n) is 8.84. The van der Waals surface area contributed by atoms with E-state index in [4.69, 9.17) is 28.9 Å². The molecule has 2 atom stereocenters. The van der Waals surface area contributed by atoms with E-state index in [-0.39, 0.29) is 19.2 Å². The van der Waals surface area contributed by atoms with Crippen molar-refractivity contribution in [2.45, 2.75) is 19.1 Å². The number of hydrogen-bond acceptors (Lipinski definition) is 7. The lowest BCUT2D eigenvalue weighted by Crippen LogP contribution is -3.15. The Morgan fingerprint density at radius 1 is 1.41 bits per heavy atom. The number of hydrogen-bond donors (Lipinski definition) is 2. The average molecular weight is 382 g/mol. The maximum Gasteiger partial charge on any atom is 0.290 e. The van der Waals surface area contributed by atoms with Crippen molar-refractivity contribution in [3.05, 3.63) is 24.3 Å². The van der Waals surface area contributed by atoms with Crippen molar-refractivity contribution in [2.24, 2.45) is 5.16 Å². The molecule has 3 rings (SSSR count). The fourth-order valence-electron chi connectivity index (χ4n) is 2.75. The highest BCUT2D eigenvalue weighted by Crippen LogP contribution is 2.31. The summed E-state index contributed by atoms with van der Waals surface area (Å²) >= 11 is 0. The summed E-state index contributed by atoms with van der Waals surface area (Å²) in [7, 11) is 0. The number of carboxylic acid groups (broad SMARTS) is 1. The highest BCUT2D eigenvalue weighted by atomic mass is 16.6. The summed E-state index contributed by atoms with van der Waals surface area (Å²) in [5.74, 6) is 1.43. The van der Waals surface area contributed by atoms with Crippen molar-refractivity contribution in [3.63, 3.8) is 0 Å². The van der Waals surface area contributed by atoms with Gasteiger partial charge in [0.15, 0.2) is 17.6 Å². The van der Waals surface area contributed by atoms with Crippen molar-refractivity contribution in [1.29, 1.82) is 0 Å². The molecule has 1 fully saturated rings. The monoisotopic (exact) mass is 382 g/mol. The molecule has 2 aliphatic rings. The van der Waals surface area contributed by atoms with E-state index in [1.54, 1.807) is 0 Å². The van der Waals surface area contributed by atoms with Gasteiger partial charge < -0.3 is 34.2 Å². The highest BCUT2D eigenvalue weighted by molar-refractivity contribution is 5.86. The standard InChI is InChI=1S/C17H23N2O5.CH2O2/c1-13(17-12-22-15-4-2-3-5-16(15)24-17)18-23-11-14(20)10-19-6-8-21-9-7-19;2-1-3/h2-5,14,17H,6-12H2,1H3;1H,(H,2,3)/q-1;/p+1/b18-13+;. The van der Waals surface area contributed by atoms with E-state index in [1.165, 1.54) is 4.90 Å². The molecule has 9 heteroatoms. The van der Waals surface area contributed by atoms with Gasteiger partial charge in [0.05, 0.1) is 25.5 Å². The lowest BCUT2D eigenvalue weighted by molar-refractivity contribution is -0.917. The first-order valence-corrected chi connectivity index (χ1v) is 8.84. The zero-order valence-electron chi connectivity index (χ0n) is 15.3. The minimum absolute atomic E-state index is 0.0614. The second-order valence-corrected chi connectivity index (χ2v) is 6.19. The van der Waals surface area contributed by atoms with E-state index in [0.717, 1.165) is 32.1 Å². The van der Waals surface area contributed by atoms with E-state index >= 15 is 0 Å². The Labute approximate surface area is 158 Å². The van der Waals surface area contributed by atoms with Gasteiger partial charge in [0, 0.05) is 0 Å². The number of rotatable bonds is 6. The number of para-hydroxylation sites is 2. The van der Waals surface area contributed by atoms with Crippen LogP contribution in [0, 0.1) is 0 Å². The Balaban J connectivity index is 0.000000817. The molecule has 0 spiro atoms. The lowest BCUT2D eigenvalue weighted by Gasteiger charge is -2.30. The number of nitrogens with one attached hydrogen (secondary N) is 1. The number of ether oxygens (including phenoxy) is 3. The molecule has 1 aromatic carbocycles. The molecule has 2 unspecified atom stereocenters. The summed E-state index contributed by atoms with van der Waals surface area (Å²) in [4.78, 5) is 14.9. The summed E-state index contributed by atoms with van der Waals surface area (Å²) < 4.78 is 16.8. The number of oxime groups is 1. The van der Waals surface area contributed by atoms with Crippen LogP contribution in [0.5, 0.6) is 11.5 Å². The summed E-state index contributed by atoms with van der Waals surface area (Å²) in [6.45, 7) is 5.76. The van der Waals surface area contributed by atoms with Gasteiger partial charge in [0.2, 0.25) is 0 Å². The molecule has 2 N–H and O–H groups in total. The third kappa shape index (κ3) is 7.05. The molecule has 0 radical (unpaired) electrons. The predicted molar refractivity (Wildman–Crippen MR) is 94.3 cm³/mol. The molecular formula is C18H26N2O7. The van der Waals surface area contributed by atoms with E-state index in [2.05, 4.69) is 5.16 Å². The van der Waals surface area contributed by atoms with Crippen LogP contribution >= 0.6 is 0 Å². The molecule has 0 aromatic heterocycles. The molecule has 0 aliphatic carbocycles. The molecular weight excluding hydrogens is 356 g/mol. The first-order chi connectivity index (χ1) is 13.1. The molecule has 9 nitrogen and oxygen atoms in total. The number of fused-ring (bicyclic) bond motifs is 1. The summed E-state index contributed by atoms with van der Waals surface area (Å²) in [6.07, 6.45) is -1.09. The normalized spacial score (nSPS) is 20.8. The van der Waals surface area contributed by atoms with E-state index in [1.807, 2.05) is 31.2 Å². The van der Waals surface area contributed by atoms with Gasteiger partial charge in [0.25, 0.3) is 6.47 Å². The molecule has 2 heterocycles. The van der Waals surface area contributed by atoms with Gasteiger partial charge in [0.1, 0.15) is 26.3 Å². The molecule has 150 valence electrons. The van der Waals surface area contributed by atoms with Crippen LogP contribution in [0.2, 0.25) is 0 Å². The second kappa shape index (κ2) is 11.4. The van der Waals surface area contributed by atoms with E-state index < -0.39 is 6.10 Å². The number of carbonyl (C=O) groups is 1. The third-order valence-electron chi connectivity index (χ3n) is 4.16. The molecule has 0 saturated carbocycles. The smallest absolute Gasteiger partial charge is 0.290 e. The quantitative estimate of drug-likeness (QED) is 0.352. The van der Waals surface area contributed by atoms with Crippen molar-refractivity contribution in [2.75, 3.05) is 46.1 Å². The van der Waals surface area contributed by atoms with Crippen molar-refractivity contribution < 1.29 is 39.0 Å². The third-order valence-corrected chi connectivity index (χ3v) is 4.16. The Morgan fingerprint density at radius 3 is 2.78 bits per heavy atom. The van der Waals surface area contributed by atoms with E-state index in [0.29, 0.717) is 24.6 Å². The van der Waals surface area contributed by atoms with Crippen LogP contribution in [-0.2, 0) is 14.4 Å². The van der Waals surface area contributed by atoms with Gasteiger partial charge in [-0.2, -0.15) is 0 Å². The number of benzene rings is 1. The SMILES string of the molecule is C/C(=N\OCC([O-])C[NH+]1CCOCC1)C1COc2ccccc2O1.O=CO. The zero-order chi connectivity index (χ0) is 19.5. The number of nitrogens with zero attached hydrogens (tertiary/aromatic N) is 1. The van der Waals surface area contributed by atoms with Crippen LogP contribution in [0.3, 0.4) is 0 Å². The molecule has 1 saturated heterocycles. The van der Waals surface area contributed by atoms with Crippen molar-refractivity contribution >= 4 is 12.2 Å². The molecule has 0 bridgehead atoms. The maximum absolute atomic E-state index is 12.0. The van der Waals surface area contributed by atoms with Crippen molar-refractivity contribution in [1.82, 2.24) is 0 Å². The largest absolute Gasteiger partial charge is 0.845 e. The average Bonchev–Trinajstić information content (AvgIpc) is 2.69. The number of morpholine rings is 1.